The number of benzene rings is 1. The summed E-state index contributed by atoms with van der Waals surface area (Å²) in [6, 6.07) is 3.77. The average Bonchev–Trinajstić information content (AvgIpc) is 2.93. The lowest BCUT2D eigenvalue weighted by atomic mass is 9.88. The number of aliphatic hydroxyl groups is 1. The van der Waals surface area contributed by atoms with Crippen LogP contribution in [-0.4, -0.2) is 39.1 Å². The second kappa shape index (κ2) is 5.84. The van der Waals surface area contributed by atoms with Gasteiger partial charge < -0.3 is 15.1 Å². The predicted molar refractivity (Wildman–Crippen MR) is 89.0 cm³/mol. The molecule has 0 spiro atoms. The van der Waals surface area contributed by atoms with Crippen LogP contribution in [0.3, 0.4) is 0 Å². The number of anilines is 1. The second-order valence-electron chi connectivity index (χ2n) is 6.99. The Morgan fingerprint density at radius 1 is 1.15 bits per heavy atom. The first-order valence-corrected chi connectivity index (χ1v) is 8.46. The molecule has 0 radical (unpaired) electrons. The summed E-state index contributed by atoms with van der Waals surface area (Å²) >= 11 is 0. The largest absolute Gasteiger partial charge is 0.507 e. The van der Waals surface area contributed by atoms with Crippen LogP contribution in [0.15, 0.2) is 18.2 Å². The van der Waals surface area contributed by atoms with Crippen LogP contribution in [0.1, 0.15) is 29.5 Å². The fourth-order valence-electron chi connectivity index (χ4n) is 3.75. The van der Waals surface area contributed by atoms with Crippen LogP contribution in [0.25, 0.3) is 11.3 Å². The first-order valence-electron chi connectivity index (χ1n) is 8.46. The van der Waals surface area contributed by atoms with Gasteiger partial charge in [-0.25, -0.2) is 0 Å². The van der Waals surface area contributed by atoms with E-state index >= 15 is 0 Å². The van der Waals surface area contributed by atoms with Gasteiger partial charge in [-0.2, -0.15) is 13.2 Å². The highest BCUT2D eigenvalue weighted by atomic mass is 19.4. The molecule has 0 unspecified atom stereocenters. The van der Waals surface area contributed by atoms with Gasteiger partial charge in [0, 0.05) is 23.7 Å². The third-order valence-electron chi connectivity index (χ3n) is 5.17. The summed E-state index contributed by atoms with van der Waals surface area (Å²) in [6.45, 7) is 2.30. The van der Waals surface area contributed by atoms with Gasteiger partial charge in [-0.1, -0.05) is 0 Å². The molecule has 26 heavy (non-hydrogen) atoms. The van der Waals surface area contributed by atoms with Crippen molar-refractivity contribution in [2.75, 3.05) is 11.4 Å². The zero-order valence-electron chi connectivity index (χ0n) is 14.1. The Labute approximate surface area is 148 Å². The lowest BCUT2D eigenvalue weighted by Crippen LogP contribution is -2.46. The van der Waals surface area contributed by atoms with Gasteiger partial charge in [0.2, 0.25) is 0 Å². The van der Waals surface area contributed by atoms with E-state index in [9.17, 15) is 23.4 Å². The molecular weight excluding hydrogens is 347 g/mol. The number of aromatic hydroxyl groups is 1. The molecule has 2 aliphatic rings. The van der Waals surface area contributed by atoms with Crippen LogP contribution >= 0.6 is 0 Å². The van der Waals surface area contributed by atoms with Crippen molar-refractivity contribution in [1.29, 1.82) is 0 Å². The number of aromatic nitrogens is 2. The van der Waals surface area contributed by atoms with Crippen molar-refractivity contribution in [2.45, 2.75) is 44.5 Å². The van der Waals surface area contributed by atoms with Crippen LogP contribution in [0.2, 0.25) is 0 Å². The van der Waals surface area contributed by atoms with Gasteiger partial charge in [0.05, 0.1) is 17.4 Å². The van der Waals surface area contributed by atoms with Crippen molar-refractivity contribution in [2.24, 2.45) is 0 Å². The van der Waals surface area contributed by atoms with Gasteiger partial charge in [0.25, 0.3) is 0 Å². The van der Waals surface area contributed by atoms with Crippen LogP contribution in [-0.2, 0) is 12.6 Å². The number of rotatable bonds is 2. The maximum atomic E-state index is 12.9. The minimum Gasteiger partial charge on any atom is -0.507 e. The van der Waals surface area contributed by atoms with Gasteiger partial charge in [0.15, 0.2) is 5.82 Å². The monoisotopic (exact) mass is 365 g/mol. The fraction of sp³-hybridized carbons (Fsp3) is 0.444. The van der Waals surface area contributed by atoms with Crippen molar-refractivity contribution in [3.63, 3.8) is 0 Å². The number of halogens is 3. The maximum absolute atomic E-state index is 12.9. The number of fused-ring (bicyclic) bond motifs is 1. The predicted octanol–water partition coefficient (Wildman–Crippen LogP) is 3.06. The normalized spacial score (nSPS) is 22.3. The highest BCUT2D eigenvalue weighted by Crippen LogP contribution is 2.40. The molecule has 2 heterocycles. The molecule has 1 aliphatic carbocycles. The molecule has 4 rings (SSSR count). The SMILES string of the molecule is Cc1cc(C(F)(F)F)cc(O)c1-c1cc2c(nn1)N(C1CC(O)C1)CC2. The zero-order chi connectivity index (χ0) is 18.6. The van der Waals surface area contributed by atoms with E-state index in [-0.39, 0.29) is 17.7 Å². The molecule has 1 aromatic heterocycles. The summed E-state index contributed by atoms with van der Waals surface area (Å²) < 4.78 is 38.7. The Balaban J connectivity index is 1.68. The Hall–Kier alpha value is -2.35. The summed E-state index contributed by atoms with van der Waals surface area (Å²) in [6.07, 6.45) is -2.60. The van der Waals surface area contributed by atoms with E-state index in [0.29, 0.717) is 24.1 Å². The number of aliphatic hydroxyl groups excluding tert-OH is 1. The summed E-state index contributed by atoms with van der Waals surface area (Å²) in [7, 11) is 0. The Bertz CT molecular complexity index is 840. The molecule has 0 bridgehead atoms. The number of hydrogen-bond acceptors (Lipinski definition) is 5. The van der Waals surface area contributed by atoms with Crippen molar-refractivity contribution in [1.82, 2.24) is 10.2 Å². The molecule has 0 amide bonds. The Morgan fingerprint density at radius 3 is 2.50 bits per heavy atom. The zero-order valence-corrected chi connectivity index (χ0v) is 14.1. The van der Waals surface area contributed by atoms with Gasteiger partial charge >= 0.3 is 6.18 Å². The van der Waals surface area contributed by atoms with E-state index in [1.807, 2.05) is 0 Å². The van der Waals surface area contributed by atoms with E-state index in [0.717, 1.165) is 36.5 Å². The number of aryl methyl sites for hydroxylation is 1. The van der Waals surface area contributed by atoms with Crippen LogP contribution < -0.4 is 4.90 Å². The lowest BCUT2D eigenvalue weighted by molar-refractivity contribution is -0.137. The van der Waals surface area contributed by atoms with Gasteiger partial charge in [-0.05, 0) is 49.9 Å². The van der Waals surface area contributed by atoms with Gasteiger partial charge in [0.1, 0.15) is 5.75 Å². The lowest BCUT2D eigenvalue weighted by Gasteiger charge is -2.39. The quantitative estimate of drug-likeness (QED) is 0.856. The van der Waals surface area contributed by atoms with Crippen molar-refractivity contribution in [3.05, 3.63) is 34.9 Å². The fourth-order valence-corrected chi connectivity index (χ4v) is 3.75. The molecule has 1 saturated carbocycles. The van der Waals surface area contributed by atoms with Gasteiger partial charge in [-0.15, -0.1) is 10.2 Å². The number of phenols is 1. The second-order valence-corrected chi connectivity index (χ2v) is 6.99. The molecule has 138 valence electrons. The third kappa shape index (κ3) is 2.78. The first-order chi connectivity index (χ1) is 12.2. The van der Waals surface area contributed by atoms with Crippen molar-refractivity contribution >= 4 is 5.82 Å². The molecule has 8 heteroatoms. The highest BCUT2D eigenvalue weighted by Gasteiger charge is 2.37. The summed E-state index contributed by atoms with van der Waals surface area (Å²) in [5, 5.41) is 28.0. The van der Waals surface area contributed by atoms with Crippen LogP contribution in [0, 0.1) is 6.92 Å². The number of phenolic OH excluding ortho intramolecular Hbond substituents is 1. The molecule has 0 atom stereocenters. The number of hydrogen-bond donors (Lipinski definition) is 2. The first kappa shape index (κ1) is 17.1. The molecule has 2 aromatic rings. The average molecular weight is 365 g/mol. The molecular formula is C18H18F3N3O2. The number of alkyl halides is 3. The Kier molecular flexibility index (Phi) is 3.83. The van der Waals surface area contributed by atoms with Crippen molar-refractivity contribution < 1.29 is 23.4 Å². The molecule has 1 aliphatic heterocycles. The molecule has 1 fully saturated rings. The van der Waals surface area contributed by atoms with E-state index in [2.05, 4.69) is 15.1 Å². The topological polar surface area (TPSA) is 69.5 Å². The summed E-state index contributed by atoms with van der Waals surface area (Å²) in [5.74, 6) is 0.304. The molecule has 5 nitrogen and oxygen atoms in total. The minimum absolute atomic E-state index is 0.257. The standard InChI is InChI=1S/C18H18F3N3O2/c1-9-4-11(18(19,20)21)6-15(26)16(9)14-5-10-2-3-24(17(10)23-22-14)12-7-13(25)8-12/h4-6,12-13,25-26H,2-3,7-8H2,1H3. The highest BCUT2D eigenvalue weighted by molar-refractivity contribution is 5.73. The Morgan fingerprint density at radius 2 is 1.88 bits per heavy atom. The third-order valence-corrected chi connectivity index (χ3v) is 5.17. The minimum atomic E-state index is -4.52. The van der Waals surface area contributed by atoms with Gasteiger partial charge in [-0.3, -0.25) is 0 Å². The molecule has 2 N–H and O–H groups in total. The van der Waals surface area contributed by atoms with E-state index in [1.165, 1.54) is 6.92 Å². The van der Waals surface area contributed by atoms with E-state index < -0.39 is 17.5 Å². The molecule has 0 saturated heterocycles. The summed E-state index contributed by atoms with van der Waals surface area (Å²) in [5.41, 5.74) is 0.993. The molecule has 1 aromatic carbocycles. The summed E-state index contributed by atoms with van der Waals surface area (Å²) in [4.78, 5) is 2.12. The van der Waals surface area contributed by atoms with E-state index in [1.54, 1.807) is 6.07 Å². The number of nitrogens with zero attached hydrogens (tertiary/aromatic N) is 3. The maximum Gasteiger partial charge on any atom is 0.416 e. The van der Waals surface area contributed by atoms with Crippen LogP contribution in [0.5, 0.6) is 5.75 Å². The van der Waals surface area contributed by atoms with Crippen molar-refractivity contribution in [3.8, 4) is 17.0 Å². The van der Waals surface area contributed by atoms with E-state index in [4.69, 9.17) is 0 Å². The van der Waals surface area contributed by atoms with Crippen LogP contribution in [0.4, 0.5) is 19.0 Å². The smallest absolute Gasteiger partial charge is 0.416 e.